The van der Waals surface area contributed by atoms with Crippen LogP contribution in [0.25, 0.3) is 0 Å². The number of rotatable bonds is 13. The SMILES string of the molecule is CC(c1ccccc1)[C@@H]1NC(=O)CNC(=O)[C@H](CO)NC(=O)[C@@H](C(O)C2CN=C(N)N2[C@H]2O[C@H](CO)[C@@H](O)[C@H](O)[C@@H]2O)NC(=O)[C@H](C(O)C2CN=C(N)N2)NC(=O)[C@@H](Cc2ccc(O)c(NC(=S)Nc3cc(C(F)(F)F)cc(C(F)(F)F)c3)c2)NC1=O. The highest BCUT2D eigenvalue weighted by Crippen LogP contribution is 2.38. The average molecular weight is 1260 g/mol. The van der Waals surface area contributed by atoms with Crippen LogP contribution >= 0.6 is 12.2 Å². The number of nitrogens with one attached hydrogen (secondary N) is 9. The minimum Gasteiger partial charge on any atom is -0.506 e. The number of aliphatic hydroxyl groups is 7. The van der Waals surface area contributed by atoms with Crippen molar-refractivity contribution in [3.8, 4) is 5.75 Å². The van der Waals surface area contributed by atoms with Gasteiger partial charge in [-0.3, -0.25) is 38.8 Å². The van der Waals surface area contributed by atoms with Gasteiger partial charge in [0, 0.05) is 18.0 Å². The van der Waals surface area contributed by atoms with Crippen molar-refractivity contribution in [2.75, 3.05) is 43.5 Å². The van der Waals surface area contributed by atoms with Gasteiger partial charge < -0.3 is 110 Å². The van der Waals surface area contributed by atoms with Gasteiger partial charge in [0.2, 0.25) is 35.4 Å². The van der Waals surface area contributed by atoms with Crippen molar-refractivity contribution in [1.82, 2.24) is 42.1 Å². The Morgan fingerprint density at radius 3 is 1.93 bits per heavy atom. The molecule has 3 aromatic rings. The number of phenolic OH excluding ortho intramolecular Hbond substituents is 1. The first-order chi connectivity index (χ1) is 40.9. The molecule has 0 aliphatic carbocycles. The summed E-state index contributed by atoms with van der Waals surface area (Å²) in [6.07, 6.45) is -25.0. The van der Waals surface area contributed by atoms with E-state index in [1.165, 1.54) is 13.0 Å². The van der Waals surface area contributed by atoms with Gasteiger partial charge in [0.25, 0.3) is 0 Å². The molecular weight excluding hydrogens is 1190 g/mol. The van der Waals surface area contributed by atoms with Crippen molar-refractivity contribution in [3.63, 3.8) is 0 Å². The van der Waals surface area contributed by atoms with Crippen LogP contribution in [0, 0.1) is 0 Å². The van der Waals surface area contributed by atoms with Gasteiger partial charge in [0.1, 0.15) is 72.6 Å². The molecule has 2 fully saturated rings. The lowest BCUT2D eigenvalue weighted by molar-refractivity contribution is -0.260. The van der Waals surface area contributed by atoms with E-state index in [-0.39, 0.29) is 29.8 Å². The number of hydrogen-bond donors (Lipinski definition) is 19. The van der Waals surface area contributed by atoms with Crippen LogP contribution in [0.5, 0.6) is 5.75 Å². The summed E-state index contributed by atoms with van der Waals surface area (Å²) >= 11 is 5.20. The van der Waals surface area contributed by atoms with Gasteiger partial charge in [0.05, 0.1) is 61.7 Å². The minimum absolute atomic E-state index is 0.0287. The average Bonchev–Trinajstić information content (AvgIpc) is 1.84. The number of nitrogens with two attached hydrogens (primary N) is 2. The summed E-state index contributed by atoms with van der Waals surface area (Å²) in [7, 11) is 0. The van der Waals surface area contributed by atoms with Gasteiger partial charge >= 0.3 is 12.4 Å². The second-order valence-electron chi connectivity index (χ2n) is 20.5. The largest absolute Gasteiger partial charge is 0.506 e. The fraction of sp³-hybridized carbons (Fsp3) is 0.471. The molecule has 36 heteroatoms. The van der Waals surface area contributed by atoms with Crippen LogP contribution in [0.15, 0.2) is 76.7 Å². The molecular formula is C51H62F6N14O15S. The van der Waals surface area contributed by atoms with Gasteiger partial charge in [-0.1, -0.05) is 43.3 Å². The monoisotopic (exact) mass is 1260 g/mol. The highest BCUT2D eigenvalue weighted by atomic mass is 32.1. The van der Waals surface area contributed by atoms with Crippen LogP contribution in [0.4, 0.5) is 37.7 Å². The maximum absolute atomic E-state index is 15.1. The van der Waals surface area contributed by atoms with E-state index in [9.17, 15) is 91.2 Å². The number of guanidine groups is 2. The summed E-state index contributed by atoms with van der Waals surface area (Å²) in [4.78, 5) is 95.7. The zero-order valence-corrected chi connectivity index (χ0v) is 46.2. The molecule has 21 N–H and O–H groups in total. The smallest absolute Gasteiger partial charge is 0.416 e. The molecule has 0 spiro atoms. The number of ether oxygens (including phenoxy) is 1. The fourth-order valence-corrected chi connectivity index (χ4v) is 10.1. The third-order valence-electron chi connectivity index (χ3n) is 14.5. The van der Waals surface area contributed by atoms with Crippen molar-refractivity contribution in [2.45, 2.75) is 117 Å². The van der Waals surface area contributed by atoms with Crippen LogP contribution in [-0.2, 0) is 52.3 Å². The molecule has 15 atom stereocenters. The summed E-state index contributed by atoms with van der Waals surface area (Å²) in [5, 5.41) is 108. The number of anilines is 2. The number of alkyl halides is 6. The van der Waals surface area contributed by atoms with E-state index in [2.05, 4.69) is 57.8 Å². The number of aliphatic hydroxyl groups excluding tert-OH is 7. The summed E-state index contributed by atoms with van der Waals surface area (Å²) in [6.45, 7) is -2.53. The number of nitrogens with zero attached hydrogens (tertiary/aromatic N) is 3. The lowest BCUT2D eigenvalue weighted by Gasteiger charge is -2.46. The molecule has 0 saturated carbocycles. The third kappa shape index (κ3) is 15.9. The second kappa shape index (κ2) is 27.6. The highest BCUT2D eigenvalue weighted by Gasteiger charge is 2.52. The number of halogens is 6. The third-order valence-corrected chi connectivity index (χ3v) is 14.7. The van der Waals surface area contributed by atoms with Gasteiger partial charge in [-0.05, 0) is 53.7 Å². The second-order valence-corrected chi connectivity index (χ2v) is 20.9. The number of amides is 6. The number of phenols is 1. The van der Waals surface area contributed by atoms with Gasteiger partial charge in [-0.15, -0.1) is 0 Å². The van der Waals surface area contributed by atoms with E-state index in [1.54, 1.807) is 30.3 Å². The molecule has 0 aromatic heterocycles. The highest BCUT2D eigenvalue weighted by molar-refractivity contribution is 7.80. The molecule has 0 radical (unpaired) electrons. The topological polar surface area (TPSA) is 462 Å². The normalized spacial score (nSPS) is 28.3. The van der Waals surface area contributed by atoms with Gasteiger partial charge in [0.15, 0.2) is 23.3 Å². The van der Waals surface area contributed by atoms with Crippen molar-refractivity contribution in [1.29, 1.82) is 0 Å². The summed E-state index contributed by atoms with van der Waals surface area (Å²) in [5.74, 6) is -10.1. The standard InChI is InChI=1S/C51H62F6N14O15S/c1-19(21-5-3-2-4-6-21)33-43(83)64-26(10-20-7-8-30(74)25(9-20)67-49(87)63-24-12-22(50(52,53)54)11-23(13-24)51(55,56)57)42(82)69-34(36(76)27-14-61-47(58)66-27)45(85)70-35(44(84)65-28(17-72)41(81)60-16-32(75)68-33)37(77)29-15-62-48(59)71(29)46-40(80)39(79)38(78)31(18-73)86-46/h2-9,11-13,19,26-29,31,33-40,46,72-74,76-80H,10,14-18H2,1H3,(H2,59,62)(H,60,81)(H,64,83)(H,65,84)(H,68,75)(H,69,82)(H,70,85)(H3,58,61,66)(H2,63,67,87)/t19?,26-,27?,28+,29?,31-,33+,34+,35-,36?,37?,38-,39+,40+,46+/m1/s1. The molecule has 474 valence electrons. The maximum atomic E-state index is 15.1. The summed E-state index contributed by atoms with van der Waals surface area (Å²) in [6, 6.07) is -1.41. The fourth-order valence-electron chi connectivity index (χ4n) is 9.83. The van der Waals surface area contributed by atoms with E-state index < -0.39 is 205 Å². The Kier molecular flexibility index (Phi) is 21.1. The summed E-state index contributed by atoms with van der Waals surface area (Å²) < 4.78 is 87.9. The Morgan fingerprint density at radius 1 is 0.713 bits per heavy atom. The quantitative estimate of drug-likeness (QED) is 0.0433. The number of aliphatic imine (C=N–C) groups is 2. The van der Waals surface area contributed by atoms with Crippen molar-refractivity contribution in [2.24, 2.45) is 21.5 Å². The Balaban J connectivity index is 1.28. The molecule has 2 saturated heterocycles. The van der Waals surface area contributed by atoms with E-state index in [0.29, 0.717) is 17.7 Å². The van der Waals surface area contributed by atoms with Crippen LogP contribution < -0.4 is 59.3 Å². The molecule has 0 bridgehead atoms. The Bertz CT molecular complexity index is 3080. The van der Waals surface area contributed by atoms with Crippen LogP contribution in [0.2, 0.25) is 0 Å². The van der Waals surface area contributed by atoms with Crippen LogP contribution in [-0.4, -0.2) is 216 Å². The van der Waals surface area contributed by atoms with Gasteiger partial charge in [-0.25, -0.2) is 0 Å². The van der Waals surface area contributed by atoms with E-state index in [0.717, 1.165) is 17.0 Å². The Labute approximate surface area is 494 Å². The minimum atomic E-state index is -5.23. The molecule has 3 aromatic carbocycles. The molecule has 4 aliphatic heterocycles. The predicted octanol–water partition coefficient (Wildman–Crippen LogP) is -5.06. The molecule has 5 unspecified atom stereocenters. The van der Waals surface area contributed by atoms with E-state index in [4.69, 9.17) is 28.4 Å². The first-order valence-electron chi connectivity index (χ1n) is 26.4. The molecule has 87 heavy (non-hydrogen) atoms. The lowest BCUT2D eigenvalue weighted by Crippen LogP contribution is -2.70. The number of hydrogen-bond acceptors (Lipinski definition) is 22. The number of thiocarbonyl (C=S) groups is 1. The first kappa shape index (κ1) is 66.3. The number of aromatic hydroxyl groups is 1. The lowest BCUT2D eigenvalue weighted by atomic mass is 9.92. The van der Waals surface area contributed by atoms with Crippen LogP contribution in [0.1, 0.15) is 35.1 Å². The van der Waals surface area contributed by atoms with Gasteiger partial charge in [-0.2, -0.15) is 26.3 Å². The number of benzene rings is 3. The van der Waals surface area contributed by atoms with E-state index in [1.807, 2.05) is 0 Å². The Morgan fingerprint density at radius 2 is 1.32 bits per heavy atom. The predicted molar refractivity (Wildman–Crippen MR) is 294 cm³/mol. The van der Waals surface area contributed by atoms with Crippen molar-refractivity contribution in [3.05, 3.63) is 89.0 Å². The molecule has 29 nitrogen and oxygen atoms in total. The van der Waals surface area contributed by atoms with Crippen molar-refractivity contribution < 1.29 is 101 Å². The van der Waals surface area contributed by atoms with Crippen molar-refractivity contribution >= 4 is 76.1 Å². The van der Waals surface area contributed by atoms with E-state index >= 15 is 4.79 Å². The zero-order chi connectivity index (χ0) is 64.0. The van der Waals surface area contributed by atoms with Crippen LogP contribution in [0.3, 0.4) is 0 Å². The zero-order valence-electron chi connectivity index (χ0n) is 45.4. The molecule has 7 rings (SSSR count). The molecule has 4 aliphatic rings. The molecule has 6 amide bonds. The Hall–Kier alpha value is -8.23. The summed E-state index contributed by atoms with van der Waals surface area (Å²) in [5.41, 5.74) is 7.91. The number of carbonyl (C=O) groups excluding carboxylic acids is 6. The maximum Gasteiger partial charge on any atom is 0.416 e. The number of carbonyl (C=O) groups is 6. The first-order valence-corrected chi connectivity index (χ1v) is 26.8. The molecule has 4 heterocycles.